The fourth-order valence-corrected chi connectivity index (χ4v) is 3.56. The first-order valence-electron chi connectivity index (χ1n) is 11.1. The van der Waals surface area contributed by atoms with Gasteiger partial charge in [0.2, 0.25) is 0 Å². The molecule has 1 aromatic carbocycles. The number of guanidine groups is 1. The highest BCUT2D eigenvalue weighted by Crippen LogP contribution is 2.26. The molecule has 1 aliphatic rings. The van der Waals surface area contributed by atoms with Gasteiger partial charge in [0.05, 0.1) is 13.7 Å². The highest BCUT2D eigenvalue weighted by atomic mass is 16.5. The van der Waals surface area contributed by atoms with Crippen LogP contribution in [0.1, 0.15) is 38.9 Å². The van der Waals surface area contributed by atoms with E-state index < -0.39 is 0 Å². The largest absolute Gasteiger partial charge is 0.493 e. The molecule has 0 saturated heterocycles. The Morgan fingerprint density at radius 2 is 2.06 bits per heavy atom. The number of aliphatic imine (C=N–C) groups is 1. The molecule has 0 fully saturated rings. The number of nitrogens with zero attached hydrogens (tertiary/aromatic N) is 4. The lowest BCUT2D eigenvalue weighted by Gasteiger charge is -2.16. The standard InChI is InChI=1S/C22H34N6O3/c1-4-23-21(25-16-17(2)31-19-11-6-5-10-18(19)30-3)24-13-9-15-28-22(29)27-14-8-7-12-20(27)26-28/h5-6,10-11,17H,4,7-9,12-16H2,1-3H3,(H2,23,24,25). The molecule has 9 heteroatoms. The van der Waals surface area contributed by atoms with Crippen molar-refractivity contribution in [3.05, 3.63) is 40.6 Å². The van der Waals surface area contributed by atoms with Crippen LogP contribution in [0.2, 0.25) is 0 Å². The number of hydrogen-bond acceptors (Lipinski definition) is 5. The third kappa shape index (κ3) is 6.26. The molecule has 2 N–H and O–H groups in total. The Morgan fingerprint density at radius 1 is 1.26 bits per heavy atom. The van der Waals surface area contributed by atoms with Gasteiger partial charge < -0.3 is 20.1 Å². The maximum absolute atomic E-state index is 12.4. The number of nitrogens with one attached hydrogen (secondary N) is 2. The molecular formula is C22H34N6O3. The van der Waals surface area contributed by atoms with E-state index in [0.29, 0.717) is 31.1 Å². The molecule has 2 aromatic rings. The smallest absolute Gasteiger partial charge is 0.345 e. The van der Waals surface area contributed by atoms with Crippen molar-refractivity contribution in [2.75, 3.05) is 26.7 Å². The van der Waals surface area contributed by atoms with Crippen molar-refractivity contribution < 1.29 is 9.47 Å². The van der Waals surface area contributed by atoms with Crippen molar-refractivity contribution in [3.63, 3.8) is 0 Å². The first-order chi connectivity index (χ1) is 15.1. The molecule has 3 rings (SSSR count). The van der Waals surface area contributed by atoms with E-state index in [-0.39, 0.29) is 11.8 Å². The van der Waals surface area contributed by atoms with Gasteiger partial charge in [-0.25, -0.2) is 14.5 Å². The molecule has 1 atom stereocenters. The maximum atomic E-state index is 12.4. The van der Waals surface area contributed by atoms with Crippen LogP contribution in [0.5, 0.6) is 11.5 Å². The van der Waals surface area contributed by atoms with Gasteiger partial charge in [0.25, 0.3) is 0 Å². The second-order valence-corrected chi connectivity index (χ2v) is 7.61. The zero-order valence-corrected chi connectivity index (χ0v) is 18.8. The van der Waals surface area contributed by atoms with Crippen molar-refractivity contribution in [1.29, 1.82) is 0 Å². The molecule has 2 heterocycles. The Balaban J connectivity index is 1.47. The van der Waals surface area contributed by atoms with Gasteiger partial charge in [-0.15, -0.1) is 0 Å². The van der Waals surface area contributed by atoms with Gasteiger partial charge >= 0.3 is 5.69 Å². The molecular weight excluding hydrogens is 396 g/mol. The van der Waals surface area contributed by atoms with Crippen LogP contribution in [0.15, 0.2) is 34.1 Å². The fraction of sp³-hybridized carbons (Fsp3) is 0.591. The first kappa shape index (κ1) is 22.7. The third-order valence-corrected chi connectivity index (χ3v) is 5.12. The summed E-state index contributed by atoms with van der Waals surface area (Å²) in [5, 5.41) is 11.1. The van der Waals surface area contributed by atoms with E-state index >= 15 is 0 Å². The van der Waals surface area contributed by atoms with Crippen molar-refractivity contribution in [2.24, 2.45) is 4.99 Å². The molecule has 0 saturated carbocycles. The van der Waals surface area contributed by atoms with Gasteiger partial charge in [-0.2, -0.15) is 5.10 Å². The zero-order chi connectivity index (χ0) is 22.1. The van der Waals surface area contributed by atoms with Crippen molar-refractivity contribution in [1.82, 2.24) is 25.0 Å². The molecule has 1 aromatic heterocycles. The first-order valence-corrected chi connectivity index (χ1v) is 11.1. The van der Waals surface area contributed by atoms with Gasteiger partial charge in [0, 0.05) is 32.6 Å². The average molecular weight is 431 g/mol. The van der Waals surface area contributed by atoms with Gasteiger partial charge in [-0.05, 0) is 45.2 Å². The molecule has 0 spiro atoms. The lowest BCUT2D eigenvalue weighted by molar-refractivity contribution is 0.219. The predicted octanol–water partition coefficient (Wildman–Crippen LogP) is 1.80. The minimum atomic E-state index is -0.109. The number of rotatable bonds is 10. The van der Waals surface area contributed by atoms with Gasteiger partial charge in [0.1, 0.15) is 11.9 Å². The van der Waals surface area contributed by atoms with Crippen LogP contribution in [-0.4, -0.2) is 53.2 Å². The summed E-state index contributed by atoms with van der Waals surface area (Å²) < 4.78 is 14.7. The summed E-state index contributed by atoms with van der Waals surface area (Å²) in [6, 6.07) is 7.59. The second kappa shape index (κ2) is 11.4. The normalized spacial score (nSPS) is 14.6. The number of para-hydroxylation sites is 2. The lowest BCUT2D eigenvalue weighted by Crippen LogP contribution is -2.39. The third-order valence-electron chi connectivity index (χ3n) is 5.12. The van der Waals surface area contributed by atoms with Crippen LogP contribution in [-0.2, 0) is 19.5 Å². The molecule has 1 aliphatic heterocycles. The van der Waals surface area contributed by atoms with Gasteiger partial charge in [-0.3, -0.25) is 4.57 Å². The summed E-state index contributed by atoms with van der Waals surface area (Å²) in [7, 11) is 1.63. The van der Waals surface area contributed by atoms with Crippen LogP contribution in [0.4, 0.5) is 0 Å². The van der Waals surface area contributed by atoms with Crippen LogP contribution < -0.4 is 25.8 Å². The van der Waals surface area contributed by atoms with Crippen molar-refractivity contribution in [3.8, 4) is 11.5 Å². The number of hydrogen-bond donors (Lipinski definition) is 2. The van der Waals surface area contributed by atoms with Crippen LogP contribution in [0.25, 0.3) is 0 Å². The average Bonchev–Trinajstić information content (AvgIpc) is 3.11. The molecule has 9 nitrogen and oxygen atoms in total. The Morgan fingerprint density at radius 3 is 2.81 bits per heavy atom. The van der Waals surface area contributed by atoms with Crippen LogP contribution in [0.3, 0.4) is 0 Å². The van der Waals surface area contributed by atoms with E-state index in [1.54, 1.807) is 11.8 Å². The Labute approximate surface area is 183 Å². The Bertz CT molecular complexity index is 920. The van der Waals surface area contributed by atoms with Crippen molar-refractivity contribution in [2.45, 2.75) is 58.7 Å². The monoisotopic (exact) mass is 430 g/mol. The Hall–Kier alpha value is -2.97. The topological polar surface area (TPSA) is 94.7 Å². The zero-order valence-electron chi connectivity index (χ0n) is 18.8. The maximum Gasteiger partial charge on any atom is 0.345 e. The highest BCUT2D eigenvalue weighted by molar-refractivity contribution is 5.79. The van der Waals surface area contributed by atoms with Crippen LogP contribution in [0, 0.1) is 0 Å². The summed E-state index contributed by atoms with van der Waals surface area (Å²) in [6.45, 7) is 7.36. The van der Waals surface area contributed by atoms with E-state index in [4.69, 9.17) is 9.47 Å². The van der Waals surface area contributed by atoms with E-state index in [0.717, 1.165) is 50.6 Å². The number of fused-ring (bicyclic) bond motifs is 1. The minimum absolute atomic E-state index is 0.0117. The van der Waals surface area contributed by atoms with Crippen molar-refractivity contribution >= 4 is 5.96 Å². The number of ether oxygens (including phenoxy) is 2. The number of aryl methyl sites for hydroxylation is 2. The molecule has 31 heavy (non-hydrogen) atoms. The predicted molar refractivity (Wildman–Crippen MR) is 121 cm³/mol. The van der Waals surface area contributed by atoms with Crippen LogP contribution >= 0.6 is 0 Å². The quantitative estimate of drug-likeness (QED) is 0.339. The van der Waals surface area contributed by atoms with Gasteiger partial charge in [0.15, 0.2) is 17.5 Å². The highest BCUT2D eigenvalue weighted by Gasteiger charge is 2.16. The SMILES string of the molecule is CCNC(=NCC(C)Oc1ccccc1OC)NCCCn1nc2n(c1=O)CCCC2. The number of methoxy groups -OCH3 is 1. The summed E-state index contributed by atoms with van der Waals surface area (Å²) in [4.78, 5) is 17.0. The summed E-state index contributed by atoms with van der Waals surface area (Å²) >= 11 is 0. The van der Waals surface area contributed by atoms with Gasteiger partial charge in [-0.1, -0.05) is 12.1 Å². The molecule has 1 unspecified atom stereocenters. The van der Waals surface area contributed by atoms with E-state index in [9.17, 15) is 4.79 Å². The van der Waals surface area contributed by atoms with E-state index in [1.807, 2.05) is 42.7 Å². The summed E-state index contributed by atoms with van der Waals surface area (Å²) in [5.74, 6) is 3.07. The number of aromatic nitrogens is 3. The second-order valence-electron chi connectivity index (χ2n) is 7.61. The lowest BCUT2D eigenvalue weighted by atomic mass is 10.2. The fourth-order valence-electron chi connectivity index (χ4n) is 3.56. The molecule has 0 radical (unpaired) electrons. The molecule has 0 aliphatic carbocycles. The Kier molecular flexibility index (Phi) is 8.37. The molecule has 170 valence electrons. The summed E-state index contributed by atoms with van der Waals surface area (Å²) in [5.41, 5.74) is 0.0117. The summed E-state index contributed by atoms with van der Waals surface area (Å²) in [6.07, 6.45) is 3.74. The minimum Gasteiger partial charge on any atom is -0.493 e. The number of benzene rings is 1. The van der Waals surface area contributed by atoms with E-state index in [2.05, 4.69) is 20.7 Å². The molecule has 0 bridgehead atoms. The molecule has 0 amide bonds. The van der Waals surface area contributed by atoms with E-state index in [1.165, 1.54) is 0 Å².